The second-order valence-electron chi connectivity index (χ2n) is 7.07. The number of pyridine rings is 2. The van der Waals surface area contributed by atoms with E-state index in [0.29, 0.717) is 23.4 Å². The number of nitrogens with zero attached hydrogens (tertiary/aromatic N) is 3. The first-order valence-corrected chi connectivity index (χ1v) is 9.70. The van der Waals surface area contributed by atoms with Gasteiger partial charge in [0.25, 0.3) is 11.8 Å². The highest BCUT2D eigenvalue weighted by Gasteiger charge is 2.15. The summed E-state index contributed by atoms with van der Waals surface area (Å²) in [7, 11) is 0. The van der Waals surface area contributed by atoms with Crippen LogP contribution in [0.25, 0.3) is 5.65 Å². The molecule has 1 aromatic carbocycles. The van der Waals surface area contributed by atoms with E-state index in [0.717, 1.165) is 11.1 Å². The smallest absolute Gasteiger partial charge is 0.271 e. The van der Waals surface area contributed by atoms with Gasteiger partial charge in [-0.15, -0.1) is 0 Å². The van der Waals surface area contributed by atoms with Crippen LogP contribution in [0.3, 0.4) is 0 Å². The van der Waals surface area contributed by atoms with Gasteiger partial charge in [-0.2, -0.15) is 0 Å². The molecule has 7 nitrogen and oxygen atoms in total. The Morgan fingerprint density at radius 3 is 2.48 bits per heavy atom. The van der Waals surface area contributed by atoms with Gasteiger partial charge in [0, 0.05) is 31.7 Å². The fraction of sp³-hybridized carbons (Fsp3) is 0.130. The summed E-state index contributed by atoms with van der Waals surface area (Å²) in [6, 6.07) is 13.4. The first-order valence-electron chi connectivity index (χ1n) is 9.70. The number of carbonyl (C=O) groups is 2. The summed E-state index contributed by atoms with van der Waals surface area (Å²) in [5.74, 6) is -0.951. The molecule has 0 aliphatic rings. The van der Waals surface area contributed by atoms with E-state index in [4.69, 9.17) is 0 Å². The van der Waals surface area contributed by atoms with Crippen LogP contribution in [-0.4, -0.2) is 26.2 Å². The molecule has 4 rings (SSSR count). The number of aryl methyl sites for hydroxylation is 1. The summed E-state index contributed by atoms with van der Waals surface area (Å²) in [4.78, 5) is 33.5. The predicted octanol–water partition coefficient (Wildman–Crippen LogP) is 3.04. The van der Waals surface area contributed by atoms with Crippen LogP contribution in [0.5, 0.6) is 0 Å². The average molecular weight is 417 g/mol. The molecule has 0 bridgehead atoms. The van der Waals surface area contributed by atoms with Crippen molar-refractivity contribution in [2.75, 3.05) is 0 Å². The van der Waals surface area contributed by atoms with Gasteiger partial charge < -0.3 is 10.6 Å². The zero-order valence-electron chi connectivity index (χ0n) is 16.8. The third-order valence-corrected chi connectivity index (χ3v) is 4.84. The maximum absolute atomic E-state index is 13.4. The third kappa shape index (κ3) is 4.58. The van der Waals surface area contributed by atoms with Gasteiger partial charge in [0.2, 0.25) is 0 Å². The van der Waals surface area contributed by atoms with Crippen LogP contribution < -0.4 is 10.6 Å². The van der Waals surface area contributed by atoms with Crippen LogP contribution in [0.4, 0.5) is 4.39 Å². The molecule has 0 saturated heterocycles. The van der Waals surface area contributed by atoms with Crippen molar-refractivity contribution in [3.8, 4) is 0 Å². The number of halogens is 1. The third-order valence-electron chi connectivity index (χ3n) is 4.84. The van der Waals surface area contributed by atoms with E-state index >= 15 is 0 Å². The number of rotatable bonds is 6. The molecule has 0 radical (unpaired) electrons. The van der Waals surface area contributed by atoms with E-state index in [1.807, 2.05) is 12.1 Å². The van der Waals surface area contributed by atoms with E-state index in [1.165, 1.54) is 12.3 Å². The lowest BCUT2D eigenvalue weighted by atomic mass is 10.1. The summed E-state index contributed by atoms with van der Waals surface area (Å²) >= 11 is 0. The molecule has 0 unspecified atom stereocenters. The number of benzene rings is 1. The maximum Gasteiger partial charge on any atom is 0.271 e. The molecule has 0 spiro atoms. The van der Waals surface area contributed by atoms with Gasteiger partial charge in [-0.1, -0.05) is 18.2 Å². The lowest BCUT2D eigenvalue weighted by Gasteiger charge is -2.07. The van der Waals surface area contributed by atoms with Crippen molar-refractivity contribution in [2.45, 2.75) is 20.0 Å². The quantitative estimate of drug-likeness (QED) is 0.505. The molecule has 0 atom stereocenters. The van der Waals surface area contributed by atoms with E-state index in [-0.39, 0.29) is 29.9 Å². The van der Waals surface area contributed by atoms with Crippen LogP contribution in [0, 0.1) is 12.7 Å². The Kier molecular flexibility index (Phi) is 5.70. The molecule has 0 aliphatic carbocycles. The minimum atomic E-state index is -0.381. The van der Waals surface area contributed by atoms with Gasteiger partial charge in [-0.05, 0) is 53.9 Å². The Hall–Kier alpha value is -4.07. The summed E-state index contributed by atoms with van der Waals surface area (Å²) in [6.07, 6.45) is 4.86. The summed E-state index contributed by atoms with van der Waals surface area (Å²) < 4.78 is 15.0. The lowest BCUT2D eigenvalue weighted by Crippen LogP contribution is -2.25. The van der Waals surface area contributed by atoms with E-state index < -0.39 is 0 Å². The number of fused-ring (bicyclic) bond motifs is 1. The molecule has 156 valence electrons. The molecule has 31 heavy (non-hydrogen) atoms. The highest BCUT2D eigenvalue weighted by atomic mass is 19.1. The number of aromatic nitrogens is 3. The fourth-order valence-corrected chi connectivity index (χ4v) is 3.17. The molecule has 0 fully saturated rings. The fourth-order valence-electron chi connectivity index (χ4n) is 3.17. The number of carbonyl (C=O) groups excluding carboxylic acids is 2. The minimum absolute atomic E-state index is 0.188. The first-order chi connectivity index (χ1) is 15.0. The Morgan fingerprint density at radius 2 is 1.71 bits per heavy atom. The van der Waals surface area contributed by atoms with Crippen molar-refractivity contribution >= 4 is 17.5 Å². The predicted molar refractivity (Wildman–Crippen MR) is 113 cm³/mol. The van der Waals surface area contributed by atoms with E-state index in [2.05, 4.69) is 20.6 Å². The van der Waals surface area contributed by atoms with Crippen LogP contribution in [0.15, 0.2) is 67.1 Å². The van der Waals surface area contributed by atoms with Gasteiger partial charge in [-0.3, -0.25) is 19.0 Å². The molecular weight excluding hydrogens is 397 g/mol. The first kappa shape index (κ1) is 20.2. The van der Waals surface area contributed by atoms with E-state index in [1.54, 1.807) is 54.0 Å². The van der Waals surface area contributed by atoms with Crippen LogP contribution in [0.2, 0.25) is 0 Å². The van der Waals surface area contributed by atoms with Gasteiger partial charge in [0.05, 0.1) is 0 Å². The summed E-state index contributed by atoms with van der Waals surface area (Å²) in [5, 5.41) is 5.63. The number of imidazole rings is 1. The van der Waals surface area contributed by atoms with Crippen molar-refractivity contribution < 1.29 is 14.0 Å². The molecule has 8 heteroatoms. The normalized spacial score (nSPS) is 10.8. The maximum atomic E-state index is 13.4. The standard InChI is InChI=1S/C23H20FN5O2/c1-15-11-17(5-6-18(15)24)13-26-22(30)19-14-29-20(3-2-4-21(29)28-19)23(31)27-12-16-7-9-25-10-8-16/h2-11,14H,12-13H2,1H3,(H,26,30)(H,27,31). The van der Waals surface area contributed by atoms with Crippen molar-refractivity contribution in [2.24, 2.45) is 0 Å². The van der Waals surface area contributed by atoms with Crippen molar-refractivity contribution in [3.05, 3.63) is 101 Å². The Morgan fingerprint density at radius 1 is 0.968 bits per heavy atom. The highest BCUT2D eigenvalue weighted by Crippen LogP contribution is 2.12. The molecule has 2 amide bonds. The van der Waals surface area contributed by atoms with Gasteiger partial charge >= 0.3 is 0 Å². The summed E-state index contributed by atoms with van der Waals surface area (Å²) in [6.45, 7) is 2.27. The Labute approximate surface area is 178 Å². The number of amides is 2. The minimum Gasteiger partial charge on any atom is -0.347 e. The second-order valence-corrected chi connectivity index (χ2v) is 7.07. The highest BCUT2D eigenvalue weighted by molar-refractivity contribution is 5.95. The van der Waals surface area contributed by atoms with E-state index in [9.17, 15) is 14.0 Å². The SMILES string of the molecule is Cc1cc(CNC(=O)c2cn3c(C(=O)NCc4ccncc4)cccc3n2)ccc1F. The average Bonchev–Trinajstić information content (AvgIpc) is 3.23. The van der Waals surface area contributed by atoms with Crippen molar-refractivity contribution in [3.63, 3.8) is 0 Å². The molecule has 2 N–H and O–H groups in total. The monoisotopic (exact) mass is 417 g/mol. The summed E-state index contributed by atoms with van der Waals surface area (Å²) in [5.41, 5.74) is 3.27. The molecule has 0 aliphatic heterocycles. The molecule has 3 aromatic heterocycles. The lowest BCUT2D eigenvalue weighted by molar-refractivity contribution is 0.0935. The van der Waals surface area contributed by atoms with Crippen LogP contribution in [0.1, 0.15) is 37.7 Å². The topological polar surface area (TPSA) is 88.4 Å². The van der Waals surface area contributed by atoms with Gasteiger partial charge in [0.1, 0.15) is 22.9 Å². The zero-order chi connectivity index (χ0) is 21.8. The number of hydrogen-bond acceptors (Lipinski definition) is 4. The van der Waals surface area contributed by atoms with Gasteiger partial charge in [-0.25, -0.2) is 9.37 Å². The number of nitrogens with one attached hydrogen (secondary N) is 2. The molecule has 3 heterocycles. The van der Waals surface area contributed by atoms with Crippen LogP contribution in [-0.2, 0) is 13.1 Å². The molecule has 4 aromatic rings. The Bertz CT molecular complexity index is 1250. The Balaban J connectivity index is 1.47. The zero-order valence-corrected chi connectivity index (χ0v) is 16.8. The van der Waals surface area contributed by atoms with Crippen molar-refractivity contribution in [1.82, 2.24) is 25.0 Å². The second kappa shape index (κ2) is 8.74. The molecular formula is C23H20FN5O2. The van der Waals surface area contributed by atoms with Crippen molar-refractivity contribution in [1.29, 1.82) is 0 Å². The van der Waals surface area contributed by atoms with Gasteiger partial charge in [0.15, 0.2) is 0 Å². The largest absolute Gasteiger partial charge is 0.347 e. The molecule has 0 saturated carbocycles. The number of hydrogen-bond donors (Lipinski definition) is 2. The van der Waals surface area contributed by atoms with Crippen LogP contribution >= 0.6 is 0 Å².